The van der Waals surface area contributed by atoms with Crippen molar-refractivity contribution in [1.29, 1.82) is 0 Å². The quantitative estimate of drug-likeness (QED) is 0.340. The van der Waals surface area contributed by atoms with Crippen molar-refractivity contribution in [1.82, 2.24) is 0 Å². The number of rotatable bonds is 2. The molecule has 1 aromatic heterocycles. The van der Waals surface area contributed by atoms with E-state index in [1.165, 1.54) is 0 Å². The van der Waals surface area contributed by atoms with Crippen molar-refractivity contribution in [3.05, 3.63) is 106 Å². The number of benzene rings is 3. The van der Waals surface area contributed by atoms with E-state index in [9.17, 15) is 4.79 Å². The van der Waals surface area contributed by atoms with Gasteiger partial charge in [0.05, 0.1) is 18.1 Å². The molecule has 5 nitrogen and oxygen atoms in total. The van der Waals surface area contributed by atoms with Crippen LogP contribution < -0.4 is 19.8 Å². The molecule has 0 aliphatic carbocycles. The van der Waals surface area contributed by atoms with Crippen LogP contribution in [0.5, 0.6) is 17.2 Å². The Bertz CT molecular complexity index is 1510. The maximum Gasteiger partial charge on any atom is 0.343 e. The largest absolute Gasteiger partial charge is 0.497 e. The molecule has 0 radical (unpaired) electrons. The molecule has 0 saturated heterocycles. The van der Waals surface area contributed by atoms with Crippen LogP contribution in [-0.4, -0.2) is 7.11 Å². The molecule has 1 atom stereocenters. The molecule has 6 rings (SSSR count). The van der Waals surface area contributed by atoms with E-state index in [4.69, 9.17) is 18.6 Å². The van der Waals surface area contributed by atoms with Crippen LogP contribution in [0, 0.1) is 0 Å². The van der Waals surface area contributed by atoms with E-state index >= 15 is 0 Å². The minimum Gasteiger partial charge on any atom is -0.497 e. The third-order valence-corrected chi connectivity index (χ3v) is 6.72. The standard InChI is InChI=1S/C29H24O5/c1-28(2)17-29(34-26-20-11-7-8-12-22(20)33-27(30)25(26)28)16-24(18-9-5-4-6-10-18)32-23-15-19(31-3)13-14-21(23)29/h4-16H,17H2,1-3H3. The summed E-state index contributed by atoms with van der Waals surface area (Å²) in [7, 11) is 1.64. The van der Waals surface area contributed by atoms with E-state index in [-0.39, 0.29) is 5.63 Å². The summed E-state index contributed by atoms with van der Waals surface area (Å²) in [4.78, 5) is 13.1. The molecule has 2 aliphatic heterocycles. The fraction of sp³-hybridized carbons (Fsp3) is 0.207. The smallest absolute Gasteiger partial charge is 0.343 e. The van der Waals surface area contributed by atoms with Crippen molar-refractivity contribution in [2.45, 2.75) is 31.3 Å². The Morgan fingerprint density at radius 3 is 2.50 bits per heavy atom. The molecule has 1 spiro atoms. The summed E-state index contributed by atoms with van der Waals surface area (Å²) in [6.07, 6.45) is 2.58. The summed E-state index contributed by atoms with van der Waals surface area (Å²) in [5.41, 5.74) is 1.18. The van der Waals surface area contributed by atoms with Gasteiger partial charge in [0.2, 0.25) is 0 Å². The van der Waals surface area contributed by atoms with Gasteiger partial charge in [-0.3, -0.25) is 0 Å². The summed E-state index contributed by atoms with van der Waals surface area (Å²) in [6, 6.07) is 23.2. The fourth-order valence-corrected chi connectivity index (χ4v) is 5.25. The van der Waals surface area contributed by atoms with Gasteiger partial charge < -0.3 is 18.6 Å². The number of hydrogen-bond acceptors (Lipinski definition) is 5. The van der Waals surface area contributed by atoms with Gasteiger partial charge >= 0.3 is 5.63 Å². The Balaban J connectivity index is 1.65. The molecule has 0 fully saturated rings. The normalized spacial score (nSPS) is 20.0. The van der Waals surface area contributed by atoms with Crippen molar-refractivity contribution in [3.63, 3.8) is 0 Å². The van der Waals surface area contributed by atoms with Crippen LogP contribution in [0.4, 0.5) is 0 Å². The van der Waals surface area contributed by atoms with Crippen molar-refractivity contribution in [2.24, 2.45) is 0 Å². The number of para-hydroxylation sites is 1. The summed E-state index contributed by atoms with van der Waals surface area (Å²) in [5.74, 6) is 2.64. The first-order chi connectivity index (χ1) is 16.4. The third kappa shape index (κ3) is 3.04. The van der Waals surface area contributed by atoms with Gasteiger partial charge in [-0.2, -0.15) is 0 Å². The van der Waals surface area contributed by atoms with Crippen molar-refractivity contribution in [3.8, 4) is 17.2 Å². The minimum atomic E-state index is -0.849. The van der Waals surface area contributed by atoms with E-state index in [1.807, 2.05) is 72.8 Å². The Kier molecular flexibility index (Phi) is 4.40. The highest BCUT2D eigenvalue weighted by Crippen LogP contribution is 2.55. The monoisotopic (exact) mass is 452 g/mol. The highest BCUT2D eigenvalue weighted by atomic mass is 16.5. The average molecular weight is 453 g/mol. The van der Waals surface area contributed by atoms with Crippen LogP contribution in [-0.2, 0) is 11.0 Å². The van der Waals surface area contributed by atoms with Gasteiger partial charge in [0.25, 0.3) is 0 Å². The lowest BCUT2D eigenvalue weighted by atomic mass is 9.69. The zero-order valence-corrected chi connectivity index (χ0v) is 19.3. The van der Waals surface area contributed by atoms with Gasteiger partial charge in [0.15, 0.2) is 5.60 Å². The van der Waals surface area contributed by atoms with Crippen LogP contribution in [0.3, 0.4) is 0 Å². The topological polar surface area (TPSA) is 57.9 Å². The van der Waals surface area contributed by atoms with Gasteiger partial charge in [-0.1, -0.05) is 56.3 Å². The van der Waals surface area contributed by atoms with E-state index in [0.717, 1.165) is 16.5 Å². The molecular weight excluding hydrogens is 428 g/mol. The van der Waals surface area contributed by atoms with E-state index < -0.39 is 11.0 Å². The molecule has 0 bridgehead atoms. The molecule has 5 heteroatoms. The van der Waals surface area contributed by atoms with Gasteiger partial charge in [-0.15, -0.1) is 0 Å². The van der Waals surface area contributed by atoms with Gasteiger partial charge in [-0.05, 0) is 24.3 Å². The van der Waals surface area contributed by atoms with Crippen LogP contribution in [0.15, 0.2) is 88.1 Å². The van der Waals surface area contributed by atoms with Crippen molar-refractivity contribution in [2.75, 3.05) is 7.11 Å². The zero-order chi connectivity index (χ0) is 23.5. The van der Waals surface area contributed by atoms with Crippen LogP contribution >= 0.6 is 0 Å². The first-order valence-electron chi connectivity index (χ1n) is 11.3. The second-order valence-corrected chi connectivity index (χ2v) is 9.48. The molecule has 170 valence electrons. The Hall–Kier alpha value is -3.99. The van der Waals surface area contributed by atoms with Crippen LogP contribution in [0.1, 0.15) is 37.0 Å². The zero-order valence-electron chi connectivity index (χ0n) is 19.3. The second kappa shape index (κ2) is 7.26. The summed E-state index contributed by atoms with van der Waals surface area (Å²) in [6.45, 7) is 4.13. The van der Waals surface area contributed by atoms with Gasteiger partial charge in [0, 0.05) is 35.1 Å². The lowest BCUT2D eigenvalue weighted by Crippen LogP contribution is -2.46. The molecule has 34 heavy (non-hydrogen) atoms. The molecule has 0 amide bonds. The van der Waals surface area contributed by atoms with Crippen molar-refractivity contribution >= 4 is 16.7 Å². The number of hydrogen-bond donors (Lipinski definition) is 0. The highest BCUT2D eigenvalue weighted by molar-refractivity contribution is 5.85. The maximum absolute atomic E-state index is 13.1. The summed E-state index contributed by atoms with van der Waals surface area (Å²) >= 11 is 0. The number of methoxy groups -OCH3 is 1. The van der Waals surface area contributed by atoms with Crippen molar-refractivity contribution < 1.29 is 18.6 Å². The lowest BCUT2D eigenvalue weighted by molar-refractivity contribution is 0.0540. The third-order valence-electron chi connectivity index (χ3n) is 6.72. The Labute approximate surface area is 197 Å². The molecule has 3 heterocycles. The molecule has 4 aromatic rings. The fourth-order valence-electron chi connectivity index (χ4n) is 5.25. The molecule has 0 N–H and O–H groups in total. The predicted molar refractivity (Wildman–Crippen MR) is 130 cm³/mol. The predicted octanol–water partition coefficient (Wildman–Crippen LogP) is 6.19. The molecule has 2 aliphatic rings. The highest BCUT2D eigenvalue weighted by Gasteiger charge is 2.50. The molecule has 3 aromatic carbocycles. The van der Waals surface area contributed by atoms with E-state index in [0.29, 0.717) is 40.6 Å². The molecular formula is C29H24O5. The minimum absolute atomic E-state index is 0.358. The van der Waals surface area contributed by atoms with E-state index in [2.05, 4.69) is 13.8 Å². The average Bonchev–Trinajstić information content (AvgIpc) is 2.83. The summed E-state index contributed by atoms with van der Waals surface area (Å²) < 4.78 is 24.4. The first kappa shape index (κ1) is 20.6. The number of fused-ring (bicyclic) bond motifs is 5. The second-order valence-electron chi connectivity index (χ2n) is 9.48. The Morgan fingerprint density at radius 1 is 0.941 bits per heavy atom. The van der Waals surface area contributed by atoms with Gasteiger partial charge in [-0.25, -0.2) is 4.79 Å². The first-order valence-corrected chi connectivity index (χ1v) is 11.3. The number of ether oxygens (including phenoxy) is 3. The van der Waals surface area contributed by atoms with Crippen LogP contribution in [0.2, 0.25) is 0 Å². The maximum atomic E-state index is 13.1. The molecule has 0 saturated carbocycles. The van der Waals surface area contributed by atoms with Crippen LogP contribution in [0.25, 0.3) is 16.7 Å². The molecule has 1 unspecified atom stereocenters. The van der Waals surface area contributed by atoms with Gasteiger partial charge in [0.1, 0.15) is 28.6 Å². The SMILES string of the molecule is COc1ccc2c(c1)OC(c1ccccc1)=CC21CC(C)(C)c2c(c3ccccc3oc2=O)O1. The Morgan fingerprint density at radius 2 is 1.71 bits per heavy atom. The van der Waals surface area contributed by atoms with E-state index in [1.54, 1.807) is 13.2 Å². The summed E-state index contributed by atoms with van der Waals surface area (Å²) in [5, 5.41) is 0.778. The lowest BCUT2D eigenvalue weighted by Gasteiger charge is -2.46.